The number of nitrogens with zero attached hydrogens (tertiary/aromatic N) is 4. The third kappa shape index (κ3) is 7.62. The molecule has 0 amide bonds. The minimum atomic E-state index is -0.345. The monoisotopic (exact) mass is 1070 g/mol. The van der Waals surface area contributed by atoms with Gasteiger partial charge in [-0.15, -0.1) is 12.1 Å². The zero-order chi connectivity index (χ0) is 46.7. The first-order chi connectivity index (χ1) is 31.9. The Kier molecular flexibility index (Phi) is 10.7. The van der Waals surface area contributed by atoms with Gasteiger partial charge < -0.3 is 13.9 Å². The van der Waals surface area contributed by atoms with E-state index in [1.165, 1.54) is 5.56 Å². The predicted molar refractivity (Wildman–Crippen MR) is 274 cm³/mol. The number of hydrogen-bond donors (Lipinski definition) is 1. The van der Waals surface area contributed by atoms with Crippen LogP contribution in [0.3, 0.4) is 0 Å². The first kappa shape index (κ1) is 45.0. The minimum absolute atomic E-state index is 0. The number of pyridine rings is 2. The van der Waals surface area contributed by atoms with E-state index in [4.69, 9.17) is 18.8 Å². The number of fused-ring (bicyclic) bond motifs is 8. The maximum absolute atomic E-state index is 12.5. The van der Waals surface area contributed by atoms with Gasteiger partial charge in [0.2, 0.25) is 5.71 Å². The number of phenolic OH excluding ortho intramolecular Hbond substituents is 1. The van der Waals surface area contributed by atoms with Gasteiger partial charge >= 0.3 is 0 Å². The summed E-state index contributed by atoms with van der Waals surface area (Å²) in [6.07, 6.45) is 1.84. The average molecular weight is 1070 g/mol. The van der Waals surface area contributed by atoms with Crippen LogP contribution in [0.25, 0.3) is 106 Å². The van der Waals surface area contributed by atoms with E-state index < -0.39 is 0 Å². The molecule has 0 atom stereocenters. The summed E-state index contributed by atoms with van der Waals surface area (Å²) in [6, 6.07) is 48.0. The zero-order valence-corrected chi connectivity index (χ0v) is 42.3. The van der Waals surface area contributed by atoms with E-state index >= 15 is 0 Å². The summed E-state index contributed by atoms with van der Waals surface area (Å²) in [5.74, 6) is 0.869. The molecule has 0 radical (unpaired) electrons. The van der Waals surface area contributed by atoms with Gasteiger partial charge in [0.05, 0.1) is 33.5 Å². The Hall–Kier alpha value is -6.82. The Morgan fingerprint density at radius 1 is 0.588 bits per heavy atom. The number of imidazole rings is 1. The summed E-state index contributed by atoms with van der Waals surface area (Å²) < 4.78 is 15.1. The van der Waals surface area contributed by atoms with Crippen LogP contribution in [0.4, 0.5) is 0 Å². The maximum atomic E-state index is 12.5. The summed E-state index contributed by atoms with van der Waals surface area (Å²) in [4.78, 5) is 15.1. The molecule has 7 nitrogen and oxygen atoms in total. The molecule has 1 N–H and O–H groups in total. The van der Waals surface area contributed by atoms with Crippen molar-refractivity contribution in [3.05, 3.63) is 162 Å². The van der Waals surface area contributed by atoms with E-state index in [0.29, 0.717) is 28.3 Å². The molecule has 0 aliphatic rings. The molecule has 5 heterocycles. The number of aryl methyl sites for hydroxylation is 1. The second-order valence-electron chi connectivity index (χ2n) is 21.1. The number of rotatable bonds is 5. The summed E-state index contributed by atoms with van der Waals surface area (Å²) >= 11 is 0. The first-order valence-corrected chi connectivity index (χ1v) is 23.1. The van der Waals surface area contributed by atoms with Crippen LogP contribution in [-0.2, 0) is 37.3 Å². The van der Waals surface area contributed by atoms with Crippen molar-refractivity contribution in [2.24, 2.45) is 0 Å². The molecule has 11 rings (SSSR count). The standard InChI is InChI=1S/C60H53N4O3.Pt/c1-34-16-20-42-41-21-17-36(30-52(41)67-57(42)62-34)37-26-27-61-47(29-37)38-18-24-50-44(28-38)53-51(66-50)25-23-49-54(53)63-56(45-32-40(59(5,6)7)33-46(55(45)65)60(8,9)10)64(49)48-22-19-39(58(2,3)4)31-43(48)35-14-12-11-13-15-35;/h11-27,29-33,65H,1-10H3;/q-1;. The van der Waals surface area contributed by atoms with Crippen LogP contribution in [0.2, 0.25) is 0 Å². The van der Waals surface area contributed by atoms with Gasteiger partial charge in [-0.2, -0.15) is 0 Å². The normalized spacial score (nSPS) is 12.5. The summed E-state index contributed by atoms with van der Waals surface area (Å²) in [7, 11) is 0. The van der Waals surface area contributed by atoms with E-state index in [9.17, 15) is 5.11 Å². The molecular formula is C60H53N4O3Pt-. The number of aromatic nitrogens is 4. The van der Waals surface area contributed by atoms with Crippen molar-refractivity contribution in [3.8, 4) is 56.3 Å². The van der Waals surface area contributed by atoms with Gasteiger partial charge in [0, 0.05) is 60.5 Å². The third-order valence-electron chi connectivity index (χ3n) is 13.2. The fourth-order valence-electron chi connectivity index (χ4n) is 9.44. The Morgan fingerprint density at radius 3 is 2.06 bits per heavy atom. The van der Waals surface area contributed by atoms with Crippen molar-refractivity contribution in [1.29, 1.82) is 0 Å². The van der Waals surface area contributed by atoms with Gasteiger partial charge in [-0.1, -0.05) is 134 Å². The van der Waals surface area contributed by atoms with E-state index in [1.54, 1.807) is 0 Å². The van der Waals surface area contributed by atoms with Gasteiger partial charge in [0.25, 0.3) is 0 Å². The fourth-order valence-corrected chi connectivity index (χ4v) is 9.44. The van der Waals surface area contributed by atoms with Gasteiger partial charge in [0.15, 0.2) is 0 Å². The van der Waals surface area contributed by atoms with Gasteiger partial charge in [-0.3, -0.25) is 9.55 Å². The molecule has 0 fully saturated rings. The van der Waals surface area contributed by atoms with Crippen LogP contribution < -0.4 is 0 Å². The predicted octanol–water partition coefficient (Wildman–Crippen LogP) is 16.0. The van der Waals surface area contributed by atoms with Crippen molar-refractivity contribution in [1.82, 2.24) is 19.5 Å². The zero-order valence-electron chi connectivity index (χ0n) is 40.1. The molecule has 0 spiro atoms. The average Bonchev–Trinajstić information content (AvgIpc) is 3.98. The Balaban J connectivity index is 0.00000539. The molecule has 68 heavy (non-hydrogen) atoms. The quantitative estimate of drug-likeness (QED) is 0.173. The molecule has 0 aliphatic carbocycles. The van der Waals surface area contributed by atoms with Gasteiger partial charge in [-0.25, -0.2) is 9.97 Å². The van der Waals surface area contributed by atoms with Gasteiger partial charge in [-0.05, 0) is 117 Å². The molecular weight excluding hydrogens is 1020 g/mol. The molecule has 0 saturated heterocycles. The number of aromatic hydroxyl groups is 1. The summed E-state index contributed by atoms with van der Waals surface area (Å²) in [6.45, 7) is 21.8. The van der Waals surface area contributed by atoms with Crippen molar-refractivity contribution in [2.75, 3.05) is 0 Å². The molecule has 11 aromatic rings. The molecule has 8 heteroatoms. The molecule has 0 unspecified atom stereocenters. The molecule has 0 bridgehead atoms. The SMILES string of the molecule is Cc1ccc2c(n1)oc1cc(-c3ccnc(-c4[c-]c5c(cc4)oc4ccc6c(nc(-c7cc(C(C)(C)C)cc(C(C)(C)C)c7O)n6-c6ccc(C(C)(C)C)cc6-c6ccccc6)c45)c3)ccc12.[Pt]. The minimum Gasteiger partial charge on any atom is -0.507 e. The molecule has 0 saturated carbocycles. The van der Waals surface area contributed by atoms with E-state index in [1.807, 2.05) is 43.5 Å². The van der Waals surface area contributed by atoms with Crippen LogP contribution in [0.1, 0.15) is 84.7 Å². The third-order valence-corrected chi connectivity index (χ3v) is 13.2. The summed E-state index contributed by atoms with van der Waals surface area (Å²) in [5.41, 5.74) is 15.4. The fraction of sp³-hybridized carbons (Fsp3) is 0.217. The topological polar surface area (TPSA) is 90.1 Å². The van der Waals surface area contributed by atoms with E-state index in [0.717, 1.165) is 94.2 Å². The molecule has 342 valence electrons. The van der Waals surface area contributed by atoms with E-state index in [-0.39, 0.29) is 43.1 Å². The van der Waals surface area contributed by atoms with Crippen LogP contribution >= 0.6 is 0 Å². The Bertz CT molecular complexity index is 3780. The number of phenols is 1. The molecule has 6 aromatic carbocycles. The van der Waals surface area contributed by atoms with Crippen LogP contribution in [-0.4, -0.2) is 24.6 Å². The summed E-state index contributed by atoms with van der Waals surface area (Å²) in [5, 5.41) is 16.2. The number of benzene rings is 6. The smallest absolute Gasteiger partial charge is 0.227 e. The van der Waals surface area contributed by atoms with E-state index in [2.05, 4.69) is 175 Å². The maximum Gasteiger partial charge on any atom is 0.227 e. The second kappa shape index (κ2) is 16.2. The molecule has 5 aromatic heterocycles. The van der Waals surface area contributed by atoms with Gasteiger partial charge in [0.1, 0.15) is 17.2 Å². The Morgan fingerprint density at radius 2 is 1.31 bits per heavy atom. The van der Waals surface area contributed by atoms with Crippen LogP contribution in [0.15, 0.2) is 142 Å². The number of hydrogen-bond acceptors (Lipinski definition) is 6. The first-order valence-electron chi connectivity index (χ1n) is 23.1. The van der Waals surface area contributed by atoms with Crippen LogP contribution in [0, 0.1) is 13.0 Å². The van der Waals surface area contributed by atoms with Crippen molar-refractivity contribution < 1.29 is 35.0 Å². The largest absolute Gasteiger partial charge is 0.507 e. The van der Waals surface area contributed by atoms with Crippen molar-refractivity contribution >= 4 is 55.0 Å². The molecule has 0 aliphatic heterocycles. The number of furan rings is 2. The second-order valence-corrected chi connectivity index (χ2v) is 21.1. The van der Waals surface area contributed by atoms with Crippen LogP contribution in [0.5, 0.6) is 5.75 Å². The van der Waals surface area contributed by atoms with Crippen molar-refractivity contribution in [3.63, 3.8) is 0 Å². The Labute approximate surface area is 411 Å². The van der Waals surface area contributed by atoms with Crippen molar-refractivity contribution in [2.45, 2.75) is 85.5 Å².